The van der Waals surface area contributed by atoms with E-state index in [0.29, 0.717) is 46.3 Å². The van der Waals surface area contributed by atoms with E-state index in [4.69, 9.17) is 37.4 Å². The van der Waals surface area contributed by atoms with E-state index in [1.54, 1.807) is 34.4 Å². The third-order valence-corrected chi connectivity index (χ3v) is 4.47. The van der Waals surface area contributed by atoms with Crippen LogP contribution in [-0.2, 0) is 13.0 Å². The number of halogens is 3. The van der Waals surface area contributed by atoms with Gasteiger partial charge in [0.2, 0.25) is 5.75 Å². The molecule has 0 fully saturated rings. The molecule has 2 N–H and O–H groups in total. The molecule has 2 aromatic rings. The lowest BCUT2D eigenvalue weighted by Gasteiger charge is -2.16. The summed E-state index contributed by atoms with van der Waals surface area (Å²) < 4.78 is 16.1. The number of benzene rings is 2. The van der Waals surface area contributed by atoms with Crippen LogP contribution in [0.15, 0.2) is 35.3 Å². The van der Waals surface area contributed by atoms with Crippen LogP contribution in [-0.4, -0.2) is 40.9 Å². The number of hydrogen-bond acceptors (Lipinski definition) is 4. The first kappa shape index (κ1) is 25.5. The van der Waals surface area contributed by atoms with E-state index < -0.39 is 0 Å². The summed E-state index contributed by atoms with van der Waals surface area (Å²) in [5, 5.41) is 7.81. The first-order valence-corrected chi connectivity index (χ1v) is 9.44. The van der Waals surface area contributed by atoms with Gasteiger partial charge in [0.1, 0.15) is 0 Å². The molecule has 0 saturated carbocycles. The minimum Gasteiger partial charge on any atom is -0.493 e. The Hall–Kier alpha value is -1.58. The second-order valence-corrected chi connectivity index (χ2v) is 6.79. The van der Waals surface area contributed by atoms with E-state index >= 15 is 0 Å². The molecule has 29 heavy (non-hydrogen) atoms. The fourth-order valence-electron chi connectivity index (χ4n) is 2.72. The zero-order chi connectivity index (χ0) is 20.5. The van der Waals surface area contributed by atoms with E-state index in [9.17, 15) is 0 Å². The molecule has 9 heteroatoms. The van der Waals surface area contributed by atoms with Gasteiger partial charge in [0.15, 0.2) is 17.5 Å². The first-order chi connectivity index (χ1) is 13.5. The molecule has 2 rings (SSSR count). The van der Waals surface area contributed by atoms with Crippen LogP contribution >= 0.6 is 47.2 Å². The molecule has 0 aliphatic heterocycles. The summed E-state index contributed by atoms with van der Waals surface area (Å²) in [4.78, 5) is 4.24. The van der Waals surface area contributed by atoms with Crippen LogP contribution < -0.4 is 24.8 Å². The van der Waals surface area contributed by atoms with Gasteiger partial charge in [0.05, 0.1) is 21.3 Å². The topological polar surface area (TPSA) is 64.1 Å². The standard InChI is InChI=1S/C20H25Cl2N3O3.HI/c1-23-20(24-6-5-13-7-15(21)11-16(22)8-13)25-12-14-9-17(26-2)19(28-4)18(10-14)27-3;/h7-11H,5-6,12H2,1-4H3,(H2,23,24,25);1H. The maximum atomic E-state index is 6.04. The Bertz CT molecular complexity index is 789. The number of nitrogens with one attached hydrogen (secondary N) is 2. The number of guanidine groups is 1. The molecule has 0 atom stereocenters. The summed E-state index contributed by atoms with van der Waals surface area (Å²) in [6.07, 6.45) is 0.769. The molecule has 0 spiro atoms. The van der Waals surface area contributed by atoms with E-state index in [2.05, 4.69) is 15.6 Å². The average molecular weight is 554 g/mol. The van der Waals surface area contributed by atoms with Crippen molar-refractivity contribution in [1.82, 2.24) is 10.6 Å². The zero-order valence-corrected chi connectivity index (χ0v) is 20.7. The Labute approximate surface area is 198 Å². The second-order valence-electron chi connectivity index (χ2n) is 5.91. The lowest BCUT2D eigenvalue weighted by molar-refractivity contribution is 0.323. The molecule has 0 aliphatic rings. The highest BCUT2D eigenvalue weighted by Crippen LogP contribution is 2.38. The summed E-state index contributed by atoms with van der Waals surface area (Å²) in [5.41, 5.74) is 2.03. The van der Waals surface area contributed by atoms with Crippen molar-refractivity contribution in [1.29, 1.82) is 0 Å². The molecule has 0 unspecified atom stereocenters. The van der Waals surface area contributed by atoms with Crippen LogP contribution in [0, 0.1) is 0 Å². The maximum Gasteiger partial charge on any atom is 0.203 e. The van der Waals surface area contributed by atoms with Gasteiger partial charge < -0.3 is 24.8 Å². The number of nitrogens with zero attached hydrogens (tertiary/aromatic N) is 1. The maximum absolute atomic E-state index is 6.04. The molecule has 2 aromatic carbocycles. The lowest BCUT2D eigenvalue weighted by atomic mass is 10.1. The number of rotatable bonds is 8. The summed E-state index contributed by atoms with van der Waals surface area (Å²) in [5.74, 6) is 2.47. The van der Waals surface area contributed by atoms with Crippen LogP contribution in [0.1, 0.15) is 11.1 Å². The van der Waals surface area contributed by atoms with Crippen LogP contribution in [0.4, 0.5) is 0 Å². The van der Waals surface area contributed by atoms with Gasteiger partial charge in [-0.25, -0.2) is 0 Å². The number of ether oxygens (including phenoxy) is 3. The van der Waals surface area contributed by atoms with Crippen LogP contribution in [0.5, 0.6) is 17.2 Å². The molecule has 0 radical (unpaired) electrons. The van der Waals surface area contributed by atoms with E-state index in [0.717, 1.165) is 17.5 Å². The summed E-state index contributed by atoms with van der Waals surface area (Å²) in [6.45, 7) is 1.23. The van der Waals surface area contributed by atoms with Crippen molar-refractivity contribution in [3.63, 3.8) is 0 Å². The van der Waals surface area contributed by atoms with Gasteiger partial charge in [0, 0.05) is 30.2 Å². The van der Waals surface area contributed by atoms with Crippen LogP contribution in [0.2, 0.25) is 10.0 Å². The molecule has 0 amide bonds. The van der Waals surface area contributed by atoms with E-state index in [-0.39, 0.29) is 24.0 Å². The van der Waals surface area contributed by atoms with Gasteiger partial charge in [-0.15, -0.1) is 24.0 Å². The predicted octanol–water partition coefficient (Wildman–Crippen LogP) is 4.54. The van der Waals surface area contributed by atoms with Gasteiger partial charge in [-0.05, 0) is 47.9 Å². The number of methoxy groups -OCH3 is 3. The number of aliphatic imine (C=N–C) groups is 1. The summed E-state index contributed by atoms with van der Waals surface area (Å²) in [6, 6.07) is 9.32. The van der Waals surface area contributed by atoms with Crippen molar-refractivity contribution < 1.29 is 14.2 Å². The number of hydrogen-bond donors (Lipinski definition) is 2. The van der Waals surface area contributed by atoms with Crippen molar-refractivity contribution >= 4 is 53.1 Å². The minimum atomic E-state index is 0. The first-order valence-electron chi connectivity index (χ1n) is 8.69. The fraction of sp³-hybridized carbons (Fsp3) is 0.350. The molecule has 0 heterocycles. The van der Waals surface area contributed by atoms with Crippen LogP contribution in [0.25, 0.3) is 0 Å². The van der Waals surface area contributed by atoms with Gasteiger partial charge in [-0.2, -0.15) is 0 Å². The van der Waals surface area contributed by atoms with Gasteiger partial charge in [-0.1, -0.05) is 23.2 Å². The predicted molar refractivity (Wildman–Crippen MR) is 130 cm³/mol. The average Bonchev–Trinajstić information content (AvgIpc) is 2.68. The van der Waals surface area contributed by atoms with Gasteiger partial charge in [-0.3, -0.25) is 4.99 Å². The highest BCUT2D eigenvalue weighted by Gasteiger charge is 2.13. The summed E-state index contributed by atoms with van der Waals surface area (Å²) >= 11 is 12.1. The molecule has 6 nitrogen and oxygen atoms in total. The monoisotopic (exact) mass is 553 g/mol. The smallest absolute Gasteiger partial charge is 0.203 e. The Morgan fingerprint density at radius 2 is 1.45 bits per heavy atom. The van der Waals surface area contributed by atoms with Gasteiger partial charge in [0.25, 0.3) is 0 Å². The zero-order valence-electron chi connectivity index (χ0n) is 16.8. The molecule has 160 valence electrons. The SMILES string of the molecule is CN=C(NCCc1cc(Cl)cc(Cl)c1)NCc1cc(OC)c(OC)c(OC)c1.I. The van der Waals surface area contributed by atoms with Crippen molar-refractivity contribution in [3.05, 3.63) is 51.5 Å². The van der Waals surface area contributed by atoms with Crippen molar-refractivity contribution in [3.8, 4) is 17.2 Å². The van der Waals surface area contributed by atoms with Crippen LogP contribution in [0.3, 0.4) is 0 Å². The minimum absolute atomic E-state index is 0. The third kappa shape index (κ3) is 7.64. The third-order valence-electron chi connectivity index (χ3n) is 4.04. The highest BCUT2D eigenvalue weighted by atomic mass is 127. The lowest BCUT2D eigenvalue weighted by Crippen LogP contribution is -2.37. The largest absolute Gasteiger partial charge is 0.493 e. The second kappa shape index (κ2) is 12.9. The Morgan fingerprint density at radius 3 is 1.93 bits per heavy atom. The molecule has 0 saturated heterocycles. The van der Waals surface area contributed by atoms with Gasteiger partial charge >= 0.3 is 0 Å². The Morgan fingerprint density at radius 1 is 0.862 bits per heavy atom. The Kier molecular flexibility index (Phi) is 11.3. The fourth-order valence-corrected chi connectivity index (χ4v) is 3.30. The van der Waals surface area contributed by atoms with E-state index in [1.165, 1.54) is 0 Å². The molecular weight excluding hydrogens is 528 g/mol. The van der Waals surface area contributed by atoms with E-state index in [1.807, 2.05) is 24.3 Å². The highest BCUT2D eigenvalue weighted by molar-refractivity contribution is 14.0. The van der Waals surface area contributed by atoms with Crippen molar-refractivity contribution in [2.45, 2.75) is 13.0 Å². The van der Waals surface area contributed by atoms with Crippen molar-refractivity contribution in [2.75, 3.05) is 34.9 Å². The summed E-state index contributed by atoms with van der Waals surface area (Å²) in [7, 11) is 6.49. The van der Waals surface area contributed by atoms with Crippen molar-refractivity contribution in [2.24, 2.45) is 4.99 Å². The molecular formula is C20H26Cl2IN3O3. The normalized spacial score (nSPS) is 10.8. The molecule has 0 aliphatic carbocycles. The quantitative estimate of drug-likeness (QED) is 0.285. The Balaban J connectivity index is 0.00000420. The molecule has 0 aromatic heterocycles. The molecule has 0 bridgehead atoms.